The highest BCUT2D eigenvalue weighted by atomic mass is 19.1. The molecule has 1 aromatic carbocycles. The molecule has 0 aliphatic rings. The Morgan fingerprint density at radius 2 is 1.93 bits per heavy atom. The predicted molar refractivity (Wildman–Crippen MR) is 101 cm³/mol. The lowest BCUT2D eigenvalue weighted by molar-refractivity contribution is -0.121. The molecule has 0 saturated heterocycles. The number of amides is 1. The van der Waals surface area contributed by atoms with Crippen molar-refractivity contribution in [3.63, 3.8) is 0 Å². The number of rotatable bonds is 7. The number of benzene rings is 1. The second-order valence-corrected chi connectivity index (χ2v) is 6.10. The first-order valence-corrected chi connectivity index (χ1v) is 8.59. The van der Waals surface area contributed by atoms with Gasteiger partial charge in [-0.3, -0.25) is 18.7 Å². The van der Waals surface area contributed by atoms with Crippen molar-refractivity contribution >= 4 is 16.9 Å². The average molecular weight is 386 g/mol. The fraction of sp³-hybridized carbons (Fsp3) is 0.263. The van der Waals surface area contributed by atoms with E-state index in [2.05, 4.69) is 10.3 Å². The van der Waals surface area contributed by atoms with Gasteiger partial charge in [-0.05, 0) is 29.8 Å². The Morgan fingerprint density at radius 1 is 1.18 bits per heavy atom. The van der Waals surface area contributed by atoms with Crippen LogP contribution < -0.4 is 16.6 Å². The Morgan fingerprint density at radius 3 is 2.64 bits per heavy atom. The zero-order valence-electron chi connectivity index (χ0n) is 15.2. The number of nitrogens with zero attached hydrogens (tertiary/aromatic N) is 3. The fourth-order valence-electron chi connectivity index (χ4n) is 2.80. The number of pyridine rings is 1. The van der Waals surface area contributed by atoms with E-state index < -0.39 is 23.0 Å². The summed E-state index contributed by atoms with van der Waals surface area (Å²) in [6, 6.07) is 8.64. The first-order valence-electron chi connectivity index (χ1n) is 8.59. The van der Waals surface area contributed by atoms with E-state index in [1.807, 2.05) is 0 Å². The minimum atomic E-state index is -0.642. The third-order valence-corrected chi connectivity index (χ3v) is 4.17. The van der Waals surface area contributed by atoms with E-state index in [9.17, 15) is 18.8 Å². The van der Waals surface area contributed by atoms with E-state index in [-0.39, 0.29) is 24.1 Å². The molecule has 2 heterocycles. The van der Waals surface area contributed by atoms with Crippen LogP contribution in [0.1, 0.15) is 5.56 Å². The van der Waals surface area contributed by atoms with E-state index >= 15 is 0 Å². The number of hydrogen-bond acceptors (Lipinski definition) is 5. The summed E-state index contributed by atoms with van der Waals surface area (Å²) in [4.78, 5) is 42.0. The molecule has 1 N–H and O–H groups in total. The largest absolute Gasteiger partial charge is 0.383 e. The molecule has 0 spiro atoms. The van der Waals surface area contributed by atoms with Gasteiger partial charge in [0.15, 0.2) is 5.52 Å². The van der Waals surface area contributed by atoms with Crippen molar-refractivity contribution < 1.29 is 13.9 Å². The highest BCUT2D eigenvalue weighted by Crippen LogP contribution is 2.07. The van der Waals surface area contributed by atoms with Crippen LogP contribution in [0, 0.1) is 5.82 Å². The number of fused-ring (bicyclic) bond motifs is 1. The maximum atomic E-state index is 13.1. The number of aromatic nitrogens is 3. The monoisotopic (exact) mass is 386 g/mol. The normalized spacial score (nSPS) is 10.9. The Kier molecular flexibility index (Phi) is 5.95. The van der Waals surface area contributed by atoms with Gasteiger partial charge in [0, 0.05) is 19.9 Å². The Hall–Kier alpha value is -3.33. The van der Waals surface area contributed by atoms with Crippen molar-refractivity contribution in [2.45, 2.75) is 13.1 Å². The summed E-state index contributed by atoms with van der Waals surface area (Å²) in [5, 5.41) is 2.64. The van der Waals surface area contributed by atoms with Crippen LogP contribution in [0.3, 0.4) is 0 Å². The minimum Gasteiger partial charge on any atom is -0.383 e. The molecule has 0 bridgehead atoms. The highest BCUT2D eigenvalue weighted by molar-refractivity contribution is 5.79. The number of nitrogens with one attached hydrogen (secondary N) is 1. The maximum absolute atomic E-state index is 13.1. The average Bonchev–Trinajstić information content (AvgIpc) is 2.70. The van der Waals surface area contributed by atoms with Crippen LogP contribution in [0.4, 0.5) is 4.39 Å². The smallest absolute Gasteiger partial charge is 0.332 e. The molecule has 0 saturated carbocycles. The van der Waals surface area contributed by atoms with Gasteiger partial charge in [-0.2, -0.15) is 0 Å². The SMILES string of the molecule is COCCNC(=O)Cn1c(=O)n(Cc2ccc(F)cc2)c(=O)c2ncccc21. The van der Waals surface area contributed by atoms with E-state index in [4.69, 9.17) is 4.74 Å². The van der Waals surface area contributed by atoms with Gasteiger partial charge in [-0.25, -0.2) is 14.2 Å². The molecular formula is C19H19FN4O4. The summed E-state index contributed by atoms with van der Waals surface area (Å²) in [5.41, 5.74) is -0.284. The van der Waals surface area contributed by atoms with E-state index in [1.54, 1.807) is 12.1 Å². The van der Waals surface area contributed by atoms with Crippen molar-refractivity contribution in [2.75, 3.05) is 20.3 Å². The van der Waals surface area contributed by atoms with Crippen LogP contribution in [-0.4, -0.2) is 40.3 Å². The van der Waals surface area contributed by atoms with Gasteiger partial charge in [0.25, 0.3) is 5.56 Å². The Balaban J connectivity index is 2.04. The van der Waals surface area contributed by atoms with Crippen LogP contribution in [0.15, 0.2) is 52.2 Å². The van der Waals surface area contributed by atoms with E-state index in [0.29, 0.717) is 18.7 Å². The third-order valence-electron chi connectivity index (χ3n) is 4.17. The quantitative estimate of drug-likeness (QED) is 0.597. The molecule has 2 aromatic heterocycles. The number of carbonyl (C=O) groups excluding carboxylic acids is 1. The summed E-state index contributed by atoms with van der Waals surface area (Å²) >= 11 is 0. The van der Waals surface area contributed by atoms with Crippen molar-refractivity contribution in [1.29, 1.82) is 0 Å². The molecule has 3 aromatic rings. The lowest BCUT2D eigenvalue weighted by Crippen LogP contribution is -2.43. The maximum Gasteiger partial charge on any atom is 0.332 e. The van der Waals surface area contributed by atoms with Gasteiger partial charge in [0.05, 0.1) is 18.7 Å². The van der Waals surface area contributed by atoms with Crippen molar-refractivity contribution in [3.8, 4) is 0 Å². The molecule has 0 unspecified atom stereocenters. The molecule has 0 aliphatic carbocycles. The van der Waals surface area contributed by atoms with Gasteiger partial charge in [0.1, 0.15) is 12.4 Å². The van der Waals surface area contributed by atoms with E-state index in [1.165, 1.54) is 42.1 Å². The molecule has 146 valence electrons. The Bertz CT molecular complexity index is 1110. The van der Waals surface area contributed by atoms with Gasteiger partial charge in [-0.1, -0.05) is 12.1 Å². The molecule has 0 radical (unpaired) electrons. The van der Waals surface area contributed by atoms with Crippen LogP contribution in [-0.2, 0) is 22.6 Å². The number of ether oxygens (including phenoxy) is 1. The van der Waals surface area contributed by atoms with E-state index in [0.717, 1.165) is 4.57 Å². The van der Waals surface area contributed by atoms with Gasteiger partial charge < -0.3 is 10.1 Å². The number of methoxy groups -OCH3 is 1. The van der Waals surface area contributed by atoms with Gasteiger partial charge in [0.2, 0.25) is 5.91 Å². The molecule has 0 fully saturated rings. The second-order valence-electron chi connectivity index (χ2n) is 6.10. The predicted octanol–water partition coefficient (Wildman–Crippen LogP) is 0.508. The minimum absolute atomic E-state index is 0.0598. The lowest BCUT2D eigenvalue weighted by atomic mass is 10.2. The summed E-state index contributed by atoms with van der Waals surface area (Å²) in [6.45, 7) is 0.312. The third kappa shape index (κ3) is 4.15. The van der Waals surface area contributed by atoms with Gasteiger partial charge >= 0.3 is 5.69 Å². The topological polar surface area (TPSA) is 95.2 Å². The van der Waals surface area contributed by atoms with Crippen LogP contribution >= 0.6 is 0 Å². The van der Waals surface area contributed by atoms with Crippen molar-refractivity contribution in [2.24, 2.45) is 0 Å². The lowest BCUT2D eigenvalue weighted by Gasteiger charge is -2.13. The first kappa shape index (κ1) is 19.4. The molecule has 8 nitrogen and oxygen atoms in total. The zero-order chi connectivity index (χ0) is 20.1. The fourth-order valence-corrected chi connectivity index (χ4v) is 2.80. The summed E-state index contributed by atoms with van der Waals surface area (Å²) in [5.74, 6) is -0.808. The van der Waals surface area contributed by atoms with Crippen LogP contribution in [0.25, 0.3) is 11.0 Å². The summed E-state index contributed by atoms with van der Waals surface area (Å²) < 4.78 is 20.2. The van der Waals surface area contributed by atoms with Gasteiger partial charge in [-0.15, -0.1) is 0 Å². The van der Waals surface area contributed by atoms with Crippen molar-refractivity contribution in [3.05, 3.63) is 74.8 Å². The highest BCUT2D eigenvalue weighted by Gasteiger charge is 2.16. The summed E-state index contributed by atoms with van der Waals surface area (Å²) in [7, 11) is 1.52. The molecule has 28 heavy (non-hydrogen) atoms. The van der Waals surface area contributed by atoms with Crippen LogP contribution in [0.2, 0.25) is 0 Å². The molecule has 1 amide bonds. The molecule has 0 atom stereocenters. The number of carbonyl (C=O) groups is 1. The zero-order valence-corrected chi connectivity index (χ0v) is 15.2. The molecular weight excluding hydrogens is 367 g/mol. The Labute approximate surface area is 159 Å². The molecule has 0 aliphatic heterocycles. The number of halogens is 1. The summed E-state index contributed by atoms with van der Waals surface area (Å²) in [6.07, 6.45) is 1.44. The molecule has 3 rings (SSSR count). The first-order chi connectivity index (χ1) is 13.5. The number of hydrogen-bond donors (Lipinski definition) is 1. The molecule has 9 heteroatoms. The van der Waals surface area contributed by atoms with Crippen LogP contribution in [0.5, 0.6) is 0 Å². The van der Waals surface area contributed by atoms with Crippen molar-refractivity contribution in [1.82, 2.24) is 19.4 Å². The standard InChI is InChI=1S/C19H19FN4O4/c1-28-10-9-21-16(25)12-23-15-3-2-8-22-17(15)18(26)24(19(23)27)11-13-4-6-14(20)7-5-13/h2-8H,9-12H2,1H3,(H,21,25). The second kappa shape index (κ2) is 8.57.